The second-order valence-corrected chi connectivity index (χ2v) is 9.51. The lowest BCUT2D eigenvalue weighted by atomic mass is 10.1. The van der Waals surface area contributed by atoms with Crippen LogP contribution in [0.25, 0.3) is 11.0 Å². The Balaban J connectivity index is 1.40. The summed E-state index contributed by atoms with van der Waals surface area (Å²) in [6.07, 6.45) is 0. The summed E-state index contributed by atoms with van der Waals surface area (Å²) in [5.74, 6) is 0.864. The van der Waals surface area contributed by atoms with Crippen molar-refractivity contribution in [2.75, 3.05) is 20.1 Å². The first-order valence-corrected chi connectivity index (χ1v) is 12.0. The third kappa shape index (κ3) is 5.55. The van der Waals surface area contributed by atoms with Gasteiger partial charge in [-0.15, -0.1) is 11.3 Å². The molecular weight excluding hydrogens is 426 g/mol. The number of hydrogen-bond acceptors (Lipinski definition) is 6. The van der Waals surface area contributed by atoms with Gasteiger partial charge in [-0.05, 0) is 25.6 Å². The second-order valence-electron chi connectivity index (χ2n) is 7.43. The van der Waals surface area contributed by atoms with Crippen molar-refractivity contribution in [1.82, 2.24) is 15.2 Å². The van der Waals surface area contributed by atoms with Crippen LogP contribution in [0.1, 0.15) is 27.4 Å². The number of furan rings is 1. The standard InChI is InChI=1S/C24H25N3O2S2/c1-17-15-30-24(26-17)31-16-20-19-10-6-7-11-21(19)29-22(20)23(28)25-12-13-27(2)14-18-8-4-3-5-9-18/h3-11,15H,12-14,16H2,1-2H3,(H,25,28). The molecule has 0 saturated carbocycles. The molecule has 0 fully saturated rings. The van der Waals surface area contributed by atoms with Crippen LogP contribution < -0.4 is 5.32 Å². The van der Waals surface area contributed by atoms with Gasteiger partial charge in [-0.2, -0.15) is 0 Å². The number of nitrogens with zero attached hydrogens (tertiary/aromatic N) is 2. The highest BCUT2D eigenvalue weighted by molar-refractivity contribution is 8.00. The zero-order valence-electron chi connectivity index (χ0n) is 17.6. The molecule has 31 heavy (non-hydrogen) atoms. The number of thioether (sulfide) groups is 1. The Kier molecular flexibility index (Phi) is 7.06. The summed E-state index contributed by atoms with van der Waals surface area (Å²) in [5.41, 5.74) is 3.93. The molecule has 0 aliphatic heterocycles. The topological polar surface area (TPSA) is 58.4 Å². The van der Waals surface area contributed by atoms with E-state index < -0.39 is 0 Å². The van der Waals surface area contributed by atoms with Gasteiger partial charge in [0.2, 0.25) is 0 Å². The van der Waals surface area contributed by atoms with E-state index in [9.17, 15) is 4.79 Å². The number of carbonyl (C=O) groups excluding carboxylic acids is 1. The lowest BCUT2D eigenvalue weighted by molar-refractivity contribution is 0.0923. The summed E-state index contributed by atoms with van der Waals surface area (Å²) >= 11 is 3.26. The minimum absolute atomic E-state index is 0.171. The molecule has 2 aromatic carbocycles. The number of nitrogens with one attached hydrogen (secondary N) is 1. The smallest absolute Gasteiger partial charge is 0.287 e. The highest BCUT2D eigenvalue weighted by Gasteiger charge is 2.21. The molecule has 5 nitrogen and oxygen atoms in total. The van der Waals surface area contributed by atoms with Crippen molar-refractivity contribution >= 4 is 40.0 Å². The molecule has 4 rings (SSSR count). The molecule has 0 aliphatic rings. The quantitative estimate of drug-likeness (QED) is 0.348. The SMILES string of the molecule is Cc1csc(SCc2c(C(=O)NCCN(C)Cc3ccccc3)oc3ccccc23)n1. The molecule has 0 atom stereocenters. The third-order valence-electron chi connectivity index (χ3n) is 4.92. The van der Waals surface area contributed by atoms with Crippen molar-refractivity contribution in [2.45, 2.75) is 23.6 Å². The van der Waals surface area contributed by atoms with Crippen LogP contribution in [0.3, 0.4) is 0 Å². The average Bonchev–Trinajstić information content (AvgIpc) is 3.36. The highest BCUT2D eigenvalue weighted by Crippen LogP contribution is 2.33. The monoisotopic (exact) mass is 451 g/mol. The maximum Gasteiger partial charge on any atom is 0.287 e. The van der Waals surface area contributed by atoms with Crippen molar-refractivity contribution in [2.24, 2.45) is 0 Å². The van der Waals surface area contributed by atoms with Crippen LogP contribution in [0.5, 0.6) is 0 Å². The zero-order chi connectivity index (χ0) is 21.6. The second kappa shape index (κ2) is 10.1. The van der Waals surface area contributed by atoms with Gasteiger partial charge in [0.25, 0.3) is 5.91 Å². The Bertz CT molecular complexity index is 1150. The molecule has 0 spiro atoms. The average molecular weight is 452 g/mol. The summed E-state index contributed by atoms with van der Waals surface area (Å²) in [4.78, 5) is 19.6. The van der Waals surface area contributed by atoms with E-state index in [0.29, 0.717) is 18.1 Å². The maximum absolute atomic E-state index is 12.9. The van der Waals surface area contributed by atoms with Gasteiger partial charge >= 0.3 is 0 Å². The van der Waals surface area contributed by atoms with Crippen molar-refractivity contribution in [3.8, 4) is 0 Å². The molecule has 160 valence electrons. The molecular formula is C24H25N3O2S2. The Labute approximate surface area is 190 Å². The molecule has 2 heterocycles. The van der Waals surface area contributed by atoms with E-state index in [1.54, 1.807) is 23.1 Å². The fraction of sp³-hybridized carbons (Fsp3) is 0.250. The molecule has 1 N–H and O–H groups in total. The highest BCUT2D eigenvalue weighted by atomic mass is 32.2. The van der Waals surface area contributed by atoms with Gasteiger partial charge < -0.3 is 14.6 Å². The first-order valence-electron chi connectivity index (χ1n) is 10.2. The van der Waals surface area contributed by atoms with Gasteiger partial charge in [-0.25, -0.2) is 4.98 Å². The Morgan fingerprint density at radius 3 is 2.71 bits per heavy atom. The lowest BCUT2D eigenvalue weighted by Crippen LogP contribution is -2.33. The van der Waals surface area contributed by atoms with Crippen molar-refractivity contribution in [3.05, 3.63) is 82.6 Å². The van der Waals surface area contributed by atoms with Gasteiger partial charge in [0.1, 0.15) is 9.92 Å². The van der Waals surface area contributed by atoms with Crippen molar-refractivity contribution in [1.29, 1.82) is 0 Å². The van der Waals surface area contributed by atoms with Crippen LogP contribution in [0.15, 0.2) is 68.7 Å². The molecule has 1 amide bonds. The summed E-state index contributed by atoms with van der Waals surface area (Å²) in [6, 6.07) is 18.1. The molecule has 0 radical (unpaired) electrons. The summed E-state index contributed by atoms with van der Waals surface area (Å²) in [5, 5.41) is 6.04. The van der Waals surface area contributed by atoms with Crippen LogP contribution in [-0.4, -0.2) is 35.9 Å². The lowest BCUT2D eigenvalue weighted by Gasteiger charge is -2.16. The van der Waals surface area contributed by atoms with E-state index in [-0.39, 0.29) is 5.91 Å². The minimum Gasteiger partial charge on any atom is -0.451 e. The van der Waals surface area contributed by atoms with E-state index in [2.05, 4.69) is 34.4 Å². The van der Waals surface area contributed by atoms with Gasteiger partial charge in [0.15, 0.2) is 5.76 Å². The molecule has 0 bridgehead atoms. The third-order valence-corrected chi connectivity index (χ3v) is 7.08. The number of aromatic nitrogens is 1. The first-order chi connectivity index (χ1) is 15.1. The Morgan fingerprint density at radius 2 is 1.94 bits per heavy atom. The fourth-order valence-electron chi connectivity index (χ4n) is 3.37. The molecule has 7 heteroatoms. The van der Waals surface area contributed by atoms with Gasteiger partial charge in [0, 0.05) is 47.4 Å². The Hall–Kier alpha value is -2.61. The number of amides is 1. The molecule has 4 aromatic rings. The number of thiazole rings is 1. The van der Waals surface area contributed by atoms with Gasteiger partial charge in [-0.3, -0.25) is 4.79 Å². The molecule has 0 aliphatic carbocycles. The Morgan fingerprint density at radius 1 is 1.16 bits per heavy atom. The number of aryl methyl sites for hydroxylation is 1. The van der Waals surface area contributed by atoms with Crippen LogP contribution in [0.4, 0.5) is 0 Å². The van der Waals surface area contributed by atoms with Crippen LogP contribution in [0.2, 0.25) is 0 Å². The summed E-state index contributed by atoms with van der Waals surface area (Å²) in [7, 11) is 2.05. The molecule has 2 aromatic heterocycles. The van der Waals surface area contributed by atoms with Crippen LogP contribution in [-0.2, 0) is 12.3 Å². The number of rotatable bonds is 9. The number of carbonyl (C=O) groups is 1. The number of hydrogen-bond donors (Lipinski definition) is 1. The molecule has 0 unspecified atom stereocenters. The fourth-order valence-corrected chi connectivity index (χ4v) is 5.25. The normalized spacial score (nSPS) is 11.3. The zero-order valence-corrected chi connectivity index (χ0v) is 19.3. The van der Waals surface area contributed by atoms with E-state index in [0.717, 1.165) is 39.7 Å². The summed E-state index contributed by atoms with van der Waals surface area (Å²) in [6.45, 7) is 4.14. The maximum atomic E-state index is 12.9. The van der Waals surface area contributed by atoms with Crippen molar-refractivity contribution in [3.63, 3.8) is 0 Å². The number of para-hydroxylation sites is 1. The van der Waals surface area contributed by atoms with Crippen LogP contribution in [0, 0.1) is 6.92 Å². The van der Waals surface area contributed by atoms with E-state index in [1.165, 1.54) is 5.56 Å². The van der Waals surface area contributed by atoms with Crippen LogP contribution >= 0.6 is 23.1 Å². The predicted octanol–water partition coefficient (Wildman–Crippen LogP) is 5.35. The van der Waals surface area contributed by atoms with Gasteiger partial charge in [0.05, 0.1) is 0 Å². The minimum atomic E-state index is -0.171. The largest absolute Gasteiger partial charge is 0.451 e. The van der Waals surface area contributed by atoms with Gasteiger partial charge in [-0.1, -0.05) is 60.3 Å². The first kappa shape index (κ1) is 21.6. The number of likely N-dealkylation sites (N-methyl/N-ethyl adjacent to an activating group) is 1. The van der Waals surface area contributed by atoms with E-state index >= 15 is 0 Å². The van der Waals surface area contributed by atoms with Crippen molar-refractivity contribution < 1.29 is 9.21 Å². The predicted molar refractivity (Wildman–Crippen MR) is 128 cm³/mol. The van der Waals surface area contributed by atoms with E-state index in [1.807, 2.05) is 54.8 Å². The summed E-state index contributed by atoms with van der Waals surface area (Å²) < 4.78 is 6.95. The number of fused-ring (bicyclic) bond motifs is 1. The van der Waals surface area contributed by atoms with E-state index in [4.69, 9.17) is 4.42 Å². The number of benzene rings is 2. The molecule has 0 saturated heterocycles.